The van der Waals surface area contributed by atoms with Gasteiger partial charge < -0.3 is 20.0 Å². The minimum absolute atomic E-state index is 0.0135. The summed E-state index contributed by atoms with van der Waals surface area (Å²) in [7, 11) is 3.60. The first kappa shape index (κ1) is 31.3. The molecule has 0 radical (unpaired) electrons. The molecular weight excluding hydrogens is 547 g/mol. The smallest absolute Gasteiger partial charge is 0.341 e. The molecule has 42 heavy (non-hydrogen) atoms. The molecule has 1 N–H and O–H groups in total. The summed E-state index contributed by atoms with van der Waals surface area (Å²) in [5.74, 6) is 0.860. The van der Waals surface area contributed by atoms with Crippen LogP contribution in [0.15, 0.2) is 42.5 Å². The Bertz CT molecular complexity index is 1320. The Morgan fingerprint density at radius 1 is 1.19 bits per heavy atom. The molecule has 12 heteroatoms. The van der Waals surface area contributed by atoms with Gasteiger partial charge in [-0.25, -0.2) is 4.68 Å². The quantitative estimate of drug-likeness (QED) is 0.427. The van der Waals surface area contributed by atoms with E-state index in [9.17, 15) is 22.8 Å². The molecule has 2 aliphatic rings. The standard InChI is InChI=1S/C30H40F3N7O2/c1-20(2)40-15-11-22(19-40)18-37(4)28(42)24-6-8-25(9-7-24)34-29-35-27(38(5)36-29)21(3)23-12-16-39(17-13-23)26(41)10-14-30(31,32)33/h6-9,12,20,22H,3,10-11,13-19H2,1-2,4-5H3,(H,34,36). The number of aryl methyl sites for hydroxylation is 1. The highest BCUT2D eigenvalue weighted by Gasteiger charge is 2.30. The molecule has 1 unspecified atom stereocenters. The second-order valence-corrected chi connectivity index (χ2v) is 11.4. The second-order valence-electron chi connectivity index (χ2n) is 11.4. The van der Waals surface area contributed by atoms with E-state index < -0.39 is 24.9 Å². The largest absolute Gasteiger partial charge is 0.389 e. The van der Waals surface area contributed by atoms with E-state index in [0.717, 1.165) is 37.3 Å². The molecule has 3 heterocycles. The van der Waals surface area contributed by atoms with Crippen LogP contribution in [0.4, 0.5) is 24.8 Å². The molecule has 2 aliphatic heterocycles. The molecule has 0 spiro atoms. The predicted octanol–water partition coefficient (Wildman–Crippen LogP) is 4.88. The van der Waals surface area contributed by atoms with E-state index in [2.05, 4.69) is 40.7 Å². The Morgan fingerprint density at radius 2 is 1.90 bits per heavy atom. The van der Waals surface area contributed by atoms with Crippen molar-refractivity contribution in [2.75, 3.05) is 45.1 Å². The first-order valence-electron chi connectivity index (χ1n) is 14.3. The molecule has 228 valence electrons. The van der Waals surface area contributed by atoms with Crippen molar-refractivity contribution in [3.8, 4) is 0 Å². The first-order chi connectivity index (χ1) is 19.8. The van der Waals surface area contributed by atoms with Gasteiger partial charge in [-0.15, -0.1) is 5.10 Å². The minimum atomic E-state index is -4.35. The number of anilines is 2. The van der Waals surface area contributed by atoms with Crippen LogP contribution < -0.4 is 5.32 Å². The lowest BCUT2D eigenvalue weighted by molar-refractivity contribution is -0.148. The molecule has 1 aromatic heterocycles. The van der Waals surface area contributed by atoms with Gasteiger partial charge in [-0.3, -0.25) is 9.59 Å². The molecule has 2 amide bonds. The van der Waals surface area contributed by atoms with Gasteiger partial charge >= 0.3 is 6.18 Å². The highest BCUT2D eigenvalue weighted by Crippen LogP contribution is 2.28. The van der Waals surface area contributed by atoms with Crippen LogP contribution in [0.25, 0.3) is 5.57 Å². The van der Waals surface area contributed by atoms with Crippen molar-refractivity contribution in [3.63, 3.8) is 0 Å². The second kappa shape index (κ2) is 13.1. The van der Waals surface area contributed by atoms with Crippen LogP contribution >= 0.6 is 0 Å². The van der Waals surface area contributed by atoms with Crippen LogP contribution in [0.3, 0.4) is 0 Å². The lowest BCUT2D eigenvalue weighted by Crippen LogP contribution is -2.35. The SMILES string of the molecule is C=C(C1=CCN(C(=O)CCC(F)(F)F)CC1)c1nc(Nc2ccc(C(=O)N(C)CC3CCN(C(C)C)C3)cc2)nn1C. The fourth-order valence-corrected chi connectivity index (χ4v) is 5.42. The summed E-state index contributed by atoms with van der Waals surface area (Å²) < 4.78 is 39.0. The number of benzene rings is 1. The van der Waals surface area contributed by atoms with Crippen molar-refractivity contribution in [3.05, 3.63) is 53.9 Å². The Labute approximate surface area is 245 Å². The van der Waals surface area contributed by atoms with Crippen molar-refractivity contribution < 1.29 is 22.8 Å². The fraction of sp³-hybridized carbons (Fsp3) is 0.533. The van der Waals surface area contributed by atoms with E-state index in [1.165, 1.54) is 4.90 Å². The fourth-order valence-electron chi connectivity index (χ4n) is 5.42. The number of amides is 2. The lowest BCUT2D eigenvalue weighted by atomic mass is 10.00. The Balaban J connectivity index is 1.31. The van der Waals surface area contributed by atoms with Crippen molar-refractivity contribution in [1.29, 1.82) is 0 Å². The van der Waals surface area contributed by atoms with Crippen molar-refractivity contribution >= 4 is 29.0 Å². The van der Waals surface area contributed by atoms with Crippen molar-refractivity contribution in [1.82, 2.24) is 29.5 Å². The molecule has 1 fully saturated rings. The maximum absolute atomic E-state index is 13.0. The van der Waals surface area contributed by atoms with Gasteiger partial charge in [-0.05, 0) is 69.0 Å². The third kappa shape index (κ3) is 7.99. The topological polar surface area (TPSA) is 86.6 Å². The molecule has 1 aromatic carbocycles. The highest BCUT2D eigenvalue weighted by molar-refractivity contribution is 5.94. The van der Waals surface area contributed by atoms with E-state index >= 15 is 0 Å². The van der Waals surface area contributed by atoms with Crippen LogP contribution in [-0.2, 0) is 11.8 Å². The number of rotatable bonds is 10. The number of allylic oxidation sites excluding steroid dienone is 1. The van der Waals surface area contributed by atoms with E-state index in [-0.39, 0.29) is 12.5 Å². The van der Waals surface area contributed by atoms with E-state index in [0.29, 0.717) is 47.8 Å². The van der Waals surface area contributed by atoms with E-state index in [1.807, 2.05) is 19.2 Å². The number of carbonyl (C=O) groups is 2. The summed E-state index contributed by atoms with van der Waals surface area (Å²) in [5.41, 5.74) is 2.85. The number of likely N-dealkylation sites (tertiary alicyclic amines) is 1. The van der Waals surface area contributed by atoms with Gasteiger partial charge in [0.2, 0.25) is 11.9 Å². The molecule has 0 aliphatic carbocycles. The number of alkyl halides is 3. The van der Waals surface area contributed by atoms with Crippen LogP contribution in [0.2, 0.25) is 0 Å². The summed E-state index contributed by atoms with van der Waals surface area (Å²) in [4.78, 5) is 35.4. The molecule has 0 bridgehead atoms. The zero-order valence-electron chi connectivity index (χ0n) is 24.7. The normalized spacial score (nSPS) is 17.9. The average Bonchev–Trinajstić information content (AvgIpc) is 3.57. The van der Waals surface area contributed by atoms with Gasteiger partial charge in [0.1, 0.15) is 0 Å². The van der Waals surface area contributed by atoms with Gasteiger partial charge in [0.15, 0.2) is 5.82 Å². The van der Waals surface area contributed by atoms with Gasteiger partial charge in [-0.2, -0.15) is 18.2 Å². The average molecular weight is 588 g/mol. The zero-order valence-corrected chi connectivity index (χ0v) is 24.7. The van der Waals surface area contributed by atoms with Gasteiger partial charge in [0.05, 0.1) is 6.42 Å². The summed E-state index contributed by atoms with van der Waals surface area (Å²) in [6.07, 6.45) is -2.64. The van der Waals surface area contributed by atoms with E-state index in [4.69, 9.17) is 0 Å². The summed E-state index contributed by atoms with van der Waals surface area (Å²) in [5, 5.41) is 7.59. The first-order valence-corrected chi connectivity index (χ1v) is 14.3. The molecule has 0 saturated carbocycles. The van der Waals surface area contributed by atoms with Crippen molar-refractivity contribution in [2.24, 2.45) is 13.0 Å². The molecular formula is C30H40F3N7O2. The molecule has 9 nitrogen and oxygen atoms in total. The lowest BCUT2D eigenvalue weighted by Gasteiger charge is -2.27. The van der Waals surface area contributed by atoms with Crippen LogP contribution in [0.1, 0.15) is 55.7 Å². The van der Waals surface area contributed by atoms with Crippen LogP contribution in [0.5, 0.6) is 0 Å². The monoisotopic (exact) mass is 587 g/mol. The molecule has 4 rings (SSSR count). The maximum atomic E-state index is 13.0. The maximum Gasteiger partial charge on any atom is 0.389 e. The summed E-state index contributed by atoms with van der Waals surface area (Å²) >= 11 is 0. The number of halogens is 3. The third-order valence-electron chi connectivity index (χ3n) is 7.92. The summed E-state index contributed by atoms with van der Waals surface area (Å²) in [6, 6.07) is 7.72. The van der Waals surface area contributed by atoms with E-state index in [1.54, 1.807) is 34.8 Å². The van der Waals surface area contributed by atoms with Crippen LogP contribution in [-0.4, -0.2) is 93.3 Å². The summed E-state index contributed by atoms with van der Waals surface area (Å²) in [6.45, 7) is 11.9. The minimum Gasteiger partial charge on any atom is -0.341 e. The Hall–Kier alpha value is -3.67. The number of nitrogens with zero attached hydrogens (tertiary/aromatic N) is 6. The number of carbonyl (C=O) groups excluding carboxylic acids is 2. The third-order valence-corrected chi connectivity index (χ3v) is 7.92. The number of hydrogen-bond donors (Lipinski definition) is 1. The van der Waals surface area contributed by atoms with Crippen molar-refractivity contribution in [2.45, 2.75) is 51.7 Å². The number of aromatic nitrogens is 3. The van der Waals surface area contributed by atoms with Crippen LogP contribution in [0, 0.1) is 5.92 Å². The highest BCUT2D eigenvalue weighted by atomic mass is 19.4. The zero-order chi connectivity index (χ0) is 30.6. The van der Waals surface area contributed by atoms with Gasteiger partial charge in [0.25, 0.3) is 5.91 Å². The number of hydrogen-bond acceptors (Lipinski definition) is 6. The predicted molar refractivity (Wildman–Crippen MR) is 156 cm³/mol. The Kier molecular flexibility index (Phi) is 9.75. The van der Waals surface area contributed by atoms with Gasteiger partial charge in [-0.1, -0.05) is 12.7 Å². The molecule has 1 saturated heterocycles. The number of nitrogens with one attached hydrogen (secondary N) is 1. The molecule has 1 atom stereocenters. The van der Waals surface area contributed by atoms with Gasteiger partial charge in [0, 0.05) is 69.6 Å². The molecule has 2 aromatic rings. The Morgan fingerprint density at radius 3 is 2.50 bits per heavy atom.